The fourth-order valence-corrected chi connectivity index (χ4v) is 3.01. The Morgan fingerprint density at radius 1 is 1.23 bits per heavy atom. The molecule has 0 fully saturated rings. The first-order valence-corrected chi connectivity index (χ1v) is 7.78. The van der Waals surface area contributed by atoms with Crippen molar-refractivity contribution in [1.82, 2.24) is 10.3 Å². The molecular formula is C16H18N2O3S. The highest BCUT2D eigenvalue weighted by atomic mass is 32.1. The Morgan fingerprint density at radius 2 is 1.86 bits per heavy atom. The van der Waals surface area contributed by atoms with E-state index in [2.05, 4.69) is 10.3 Å². The van der Waals surface area contributed by atoms with Gasteiger partial charge in [0.25, 0.3) is 5.91 Å². The lowest BCUT2D eigenvalue weighted by atomic mass is 10.0. The van der Waals surface area contributed by atoms with Crippen molar-refractivity contribution in [2.45, 2.75) is 26.8 Å². The highest BCUT2D eigenvalue weighted by Gasteiger charge is 2.26. The molecule has 0 aliphatic heterocycles. The summed E-state index contributed by atoms with van der Waals surface area (Å²) in [6, 6.07) is 8.67. The highest BCUT2D eigenvalue weighted by molar-refractivity contribution is 7.17. The number of aliphatic carboxylic acids is 1. The number of thiazole rings is 1. The maximum atomic E-state index is 12.3. The zero-order chi connectivity index (χ0) is 16.3. The number of aromatic nitrogens is 1. The maximum Gasteiger partial charge on any atom is 0.326 e. The SMILES string of the molecule is Cc1nc(-c2ccccc2)sc1C(=O)N[C@@H](C(=O)O)C(C)C. The number of carboxylic acids is 1. The van der Waals surface area contributed by atoms with Gasteiger partial charge in [0, 0.05) is 5.56 Å². The lowest BCUT2D eigenvalue weighted by Gasteiger charge is -2.17. The van der Waals surface area contributed by atoms with Gasteiger partial charge in [-0.05, 0) is 12.8 Å². The van der Waals surface area contributed by atoms with Crippen molar-refractivity contribution in [3.63, 3.8) is 0 Å². The number of rotatable bonds is 5. The number of amides is 1. The fourth-order valence-electron chi connectivity index (χ4n) is 2.03. The zero-order valence-corrected chi connectivity index (χ0v) is 13.5. The molecule has 1 aromatic heterocycles. The largest absolute Gasteiger partial charge is 0.480 e. The van der Waals surface area contributed by atoms with E-state index in [1.165, 1.54) is 11.3 Å². The van der Waals surface area contributed by atoms with Crippen molar-refractivity contribution in [3.05, 3.63) is 40.9 Å². The van der Waals surface area contributed by atoms with Crippen molar-refractivity contribution in [2.75, 3.05) is 0 Å². The van der Waals surface area contributed by atoms with E-state index in [0.717, 1.165) is 10.6 Å². The number of nitrogens with one attached hydrogen (secondary N) is 1. The number of carboxylic acid groups (broad SMARTS) is 1. The molecule has 2 aromatic rings. The van der Waals surface area contributed by atoms with Crippen LogP contribution in [0.5, 0.6) is 0 Å². The van der Waals surface area contributed by atoms with Crippen LogP contribution in [0.1, 0.15) is 29.2 Å². The smallest absolute Gasteiger partial charge is 0.326 e. The fraction of sp³-hybridized carbons (Fsp3) is 0.312. The highest BCUT2D eigenvalue weighted by Crippen LogP contribution is 2.27. The molecule has 0 saturated heterocycles. The number of benzene rings is 1. The molecule has 5 nitrogen and oxygen atoms in total. The Labute approximate surface area is 133 Å². The molecule has 1 heterocycles. The minimum atomic E-state index is -1.03. The van der Waals surface area contributed by atoms with Crippen LogP contribution in [0, 0.1) is 12.8 Å². The van der Waals surface area contributed by atoms with E-state index in [4.69, 9.17) is 5.11 Å². The molecule has 2 rings (SSSR count). The molecule has 1 amide bonds. The van der Waals surface area contributed by atoms with Crippen molar-refractivity contribution >= 4 is 23.2 Å². The molecule has 116 valence electrons. The van der Waals surface area contributed by atoms with Crippen LogP contribution in [0.25, 0.3) is 10.6 Å². The Hall–Kier alpha value is -2.21. The number of hydrogen-bond donors (Lipinski definition) is 2. The minimum absolute atomic E-state index is 0.191. The third-order valence-corrected chi connectivity index (χ3v) is 4.45. The second-order valence-corrected chi connectivity index (χ2v) is 6.33. The van der Waals surface area contributed by atoms with Crippen LogP contribution in [-0.2, 0) is 4.79 Å². The van der Waals surface area contributed by atoms with E-state index in [9.17, 15) is 9.59 Å². The molecule has 0 spiro atoms. The third-order valence-electron chi connectivity index (χ3n) is 3.24. The second kappa shape index (κ2) is 6.70. The van der Waals surface area contributed by atoms with Crippen LogP contribution in [0.2, 0.25) is 0 Å². The quantitative estimate of drug-likeness (QED) is 0.888. The van der Waals surface area contributed by atoms with Crippen molar-refractivity contribution in [2.24, 2.45) is 5.92 Å². The lowest BCUT2D eigenvalue weighted by molar-refractivity contribution is -0.140. The van der Waals surface area contributed by atoms with Gasteiger partial charge in [-0.3, -0.25) is 4.79 Å². The van der Waals surface area contributed by atoms with Crippen LogP contribution < -0.4 is 5.32 Å². The first-order valence-electron chi connectivity index (χ1n) is 6.96. The molecule has 1 aromatic carbocycles. The van der Waals surface area contributed by atoms with Crippen molar-refractivity contribution < 1.29 is 14.7 Å². The molecule has 0 unspecified atom stereocenters. The molecule has 0 bridgehead atoms. The second-order valence-electron chi connectivity index (χ2n) is 5.33. The molecule has 0 aliphatic rings. The molecule has 1 atom stereocenters. The van der Waals surface area contributed by atoms with Gasteiger partial charge in [0.2, 0.25) is 0 Å². The minimum Gasteiger partial charge on any atom is -0.480 e. The van der Waals surface area contributed by atoms with Crippen molar-refractivity contribution in [3.8, 4) is 10.6 Å². The van der Waals surface area contributed by atoms with Crippen molar-refractivity contribution in [1.29, 1.82) is 0 Å². The van der Waals surface area contributed by atoms with E-state index < -0.39 is 17.9 Å². The average Bonchev–Trinajstić information content (AvgIpc) is 2.87. The van der Waals surface area contributed by atoms with E-state index >= 15 is 0 Å². The Kier molecular flexibility index (Phi) is 4.92. The molecular weight excluding hydrogens is 300 g/mol. The van der Waals surface area contributed by atoms with E-state index in [0.29, 0.717) is 10.6 Å². The van der Waals surface area contributed by atoms with Gasteiger partial charge in [-0.25, -0.2) is 9.78 Å². The average molecular weight is 318 g/mol. The zero-order valence-electron chi connectivity index (χ0n) is 12.7. The molecule has 0 aliphatic carbocycles. The van der Waals surface area contributed by atoms with E-state index in [1.54, 1.807) is 20.8 Å². The molecule has 2 N–H and O–H groups in total. The van der Waals surface area contributed by atoms with Gasteiger partial charge < -0.3 is 10.4 Å². The number of nitrogens with zero attached hydrogens (tertiary/aromatic N) is 1. The maximum absolute atomic E-state index is 12.3. The van der Waals surface area contributed by atoms with E-state index in [1.807, 2.05) is 30.3 Å². The Morgan fingerprint density at radius 3 is 2.41 bits per heavy atom. The normalized spacial score (nSPS) is 12.2. The summed E-state index contributed by atoms with van der Waals surface area (Å²) in [5.74, 6) is -1.62. The van der Waals surface area contributed by atoms with Crippen LogP contribution in [-0.4, -0.2) is 28.0 Å². The predicted octanol–water partition coefficient (Wildman–Crippen LogP) is 2.96. The lowest BCUT2D eigenvalue weighted by Crippen LogP contribution is -2.44. The topological polar surface area (TPSA) is 79.3 Å². The van der Waals surface area contributed by atoms with Crippen LogP contribution in [0.4, 0.5) is 0 Å². The van der Waals surface area contributed by atoms with Gasteiger partial charge in [0.1, 0.15) is 15.9 Å². The van der Waals surface area contributed by atoms with Crippen LogP contribution >= 0.6 is 11.3 Å². The summed E-state index contributed by atoms with van der Waals surface area (Å²) in [5.41, 5.74) is 1.54. The number of aryl methyl sites for hydroxylation is 1. The Bertz CT molecular complexity index is 680. The van der Waals surface area contributed by atoms with Gasteiger partial charge >= 0.3 is 5.97 Å². The third kappa shape index (κ3) is 3.51. The van der Waals surface area contributed by atoms with Gasteiger partial charge in [0.05, 0.1) is 5.69 Å². The molecule has 0 radical (unpaired) electrons. The number of carbonyl (C=O) groups excluding carboxylic acids is 1. The molecule has 0 saturated carbocycles. The number of hydrogen-bond acceptors (Lipinski definition) is 4. The summed E-state index contributed by atoms with van der Waals surface area (Å²) in [4.78, 5) is 28.4. The van der Waals surface area contributed by atoms with E-state index in [-0.39, 0.29) is 5.92 Å². The Balaban J connectivity index is 2.24. The summed E-state index contributed by atoms with van der Waals surface area (Å²) in [7, 11) is 0. The first kappa shape index (κ1) is 16.2. The summed E-state index contributed by atoms with van der Waals surface area (Å²) < 4.78 is 0. The number of carbonyl (C=O) groups is 2. The van der Waals surface area contributed by atoms with Gasteiger partial charge in [-0.15, -0.1) is 11.3 Å². The standard InChI is InChI=1S/C16H18N2O3S/c1-9(2)12(16(20)21)18-14(19)13-10(3)17-15(22-13)11-7-5-4-6-8-11/h4-9,12H,1-3H3,(H,18,19)(H,20,21)/t12-/m1/s1. The van der Waals surface area contributed by atoms with Gasteiger partial charge in [0.15, 0.2) is 0 Å². The summed E-state index contributed by atoms with van der Waals surface area (Å²) in [6.07, 6.45) is 0. The monoisotopic (exact) mass is 318 g/mol. The summed E-state index contributed by atoms with van der Waals surface area (Å²) in [5, 5.41) is 12.5. The van der Waals surface area contributed by atoms with Crippen LogP contribution in [0.3, 0.4) is 0 Å². The predicted molar refractivity (Wildman–Crippen MR) is 86.0 cm³/mol. The molecule has 6 heteroatoms. The first-order chi connectivity index (χ1) is 10.4. The van der Waals surface area contributed by atoms with Crippen LogP contribution in [0.15, 0.2) is 30.3 Å². The van der Waals surface area contributed by atoms with Gasteiger partial charge in [-0.1, -0.05) is 44.2 Å². The summed E-state index contributed by atoms with van der Waals surface area (Å²) in [6.45, 7) is 5.27. The summed E-state index contributed by atoms with van der Waals surface area (Å²) >= 11 is 1.27. The van der Waals surface area contributed by atoms with Gasteiger partial charge in [-0.2, -0.15) is 0 Å². The molecule has 22 heavy (non-hydrogen) atoms.